The standard InChI is InChI=1S/C19H18FN3O2.C16H21N3O3.C16H19N3O2.C16H21N3O2.C15H19N3O2/c1-12-8-15(20)10-16(9-12)23-18(24)11-17(22-19(23)25)21-13(2)14-6-4-3-5-7-14;1-11(2)19-15(20)9-14(18-16(19)21)17-13(10-22-3)12-7-5-4-6-8-12;1-11(12-6-3-2-4-7-12)17-14-10-15(20)19(16(21)18-14)13-8-5-9-13;1-4-11(2)19-15(20)10-14(18-16(19)21)17-12(3)13-8-6-5-7-9-13;1-3-9-18-14(19)10-13(17-15(18)20)16-11(2)12-7-5-4-6-8-12/h3-11,13,21H,1-2H3,(H,22,25);4-9,11,13,17H,10H2,1-3H3,(H,18,21);2-4,6-7,10-11,13,17H,5,8-9H2,1H3,(H,18,21);5-12,17H,4H2,1-3H3,(H,18,21);4-8,10-11,16H,3,9H2,1-2H3,(H,17,20)/t2*13-;11-;11?,12-;11-/m00000/s1. The molecule has 11 aromatic rings. The lowest BCUT2D eigenvalue weighted by atomic mass is 9.93. The van der Waals surface area contributed by atoms with Gasteiger partial charge in [-0.25, -0.2) is 32.9 Å². The first-order valence-electron chi connectivity index (χ1n) is 36.4. The van der Waals surface area contributed by atoms with Crippen molar-refractivity contribution >= 4 is 29.1 Å². The SMILES string of the molecule is CCC(C)n1c(=O)cc(N[C@@H](C)c2ccccc2)[nH]c1=O.CCCn1c(=O)cc(N[C@@H](C)c2ccccc2)[nH]c1=O.COC[C@H](Nc1cc(=O)n(C(C)C)c(=O)[nH]1)c1ccccc1.C[C@H](Nc1cc(=O)n(C2CCC2)c(=O)[nH]1)c1ccccc1.Cc1cc(F)cc(-n2c(=O)cc(N[C@@H](C)c3ccccc3)[nH]c2=O)c1. The van der Waals surface area contributed by atoms with Crippen LogP contribution < -0.4 is 82.8 Å². The molecule has 0 bridgehead atoms. The third-order valence-corrected chi connectivity index (χ3v) is 18.1. The van der Waals surface area contributed by atoms with Crippen LogP contribution in [0.15, 0.2) is 248 Å². The topological polar surface area (TPSA) is 344 Å². The maximum atomic E-state index is 13.6. The van der Waals surface area contributed by atoms with Crippen molar-refractivity contribution in [3.63, 3.8) is 0 Å². The van der Waals surface area contributed by atoms with Crippen molar-refractivity contribution in [1.29, 1.82) is 0 Å². The van der Waals surface area contributed by atoms with Crippen molar-refractivity contribution < 1.29 is 9.13 Å². The highest BCUT2D eigenvalue weighted by Crippen LogP contribution is 2.29. The Morgan fingerprint density at radius 2 is 0.807 bits per heavy atom. The van der Waals surface area contributed by atoms with Crippen molar-refractivity contribution in [3.05, 3.63) is 344 Å². The molecule has 0 amide bonds. The Morgan fingerprint density at radius 3 is 1.17 bits per heavy atom. The van der Waals surface area contributed by atoms with Gasteiger partial charge in [0.2, 0.25) is 0 Å². The van der Waals surface area contributed by atoms with Crippen LogP contribution in [-0.4, -0.2) is 61.5 Å². The molecule has 6 atom stereocenters. The van der Waals surface area contributed by atoms with E-state index in [0.717, 1.165) is 70.6 Å². The lowest BCUT2D eigenvalue weighted by Gasteiger charge is -2.26. The third-order valence-electron chi connectivity index (χ3n) is 18.1. The number of aromatic nitrogens is 10. The van der Waals surface area contributed by atoms with E-state index >= 15 is 0 Å². The molecular weight excluding hydrogens is 1390 g/mol. The van der Waals surface area contributed by atoms with Crippen LogP contribution in [0.25, 0.3) is 5.69 Å². The molecule has 0 saturated heterocycles. The fourth-order valence-electron chi connectivity index (χ4n) is 12.0. The number of aromatic amines is 5. The van der Waals surface area contributed by atoms with Crippen molar-refractivity contribution in [1.82, 2.24) is 47.8 Å². The number of aryl methyl sites for hydroxylation is 1. The van der Waals surface area contributed by atoms with E-state index in [0.29, 0.717) is 47.8 Å². The summed E-state index contributed by atoms with van der Waals surface area (Å²) in [6, 6.07) is 59.6. The van der Waals surface area contributed by atoms with Crippen LogP contribution in [0.4, 0.5) is 33.5 Å². The Bertz CT molecular complexity index is 5090. The largest absolute Gasteiger partial charge is 0.382 e. The predicted octanol–water partition coefficient (Wildman–Crippen LogP) is 12.3. The Labute approximate surface area is 628 Å². The maximum absolute atomic E-state index is 13.6. The summed E-state index contributed by atoms with van der Waals surface area (Å²) < 4.78 is 24.7. The molecule has 0 radical (unpaired) electrons. The van der Waals surface area contributed by atoms with E-state index in [1.165, 1.54) is 54.7 Å². The maximum Gasteiger partial charge on any atom is 0.334 e. The number of hydrogen-bond donors (Lipinski definition) is 10. The number of benzene rings is 6. The van der Waals surface area contributed by atoms with Crippen LogP contribution in [0.5, 0.6) is 0 Å². The van der Waals surface area contributed by atoms with Crippen LogP contribution in [0.3, 0.4) is 0 Å². The van der Waals surface area contributed by atoms with E-state index in [4.69, 9.17) is 4.74 Å². The van der Waals surface area contributed by atoms with Gasteiger partial charge in [0, 0.05) is 86.3 Å². The Balaban J connectivity index is 0.000000172. The van der Waals surface area contributed by atoms with Crippen LogP contribution in [0, 0.1) is 12.7 Å². The quantitative estimate of drug-likeness (QED) is 0.0269. The summed E-state index contributed by atoms with van der Waals surface area (Å²) in [5.74, 6) is 1.57. The number of H-pyrrole nitrogens is 5. The van der Waals surface area contributed by atoms with Gasteiger partial charge in [0.05, 0.1) is 18.3 Å². The molecule has 109 heavy (non-hydrogen) atoms. The van der Waals surface area contributed by atoms with E-state index in [1.54, 1.807) is 33.9 Å². The predicted molar refractivity (Wildman–Crippen MR) is 430 cm³/mol. The van der Waals surface area contributed by atoms with Gasteiger partial charge in [0.1, 0.15) is 34.9 Å². The summed E-state index contributed by atoms with van der Waals surface area (Å²) in [4.78, 5) is 134. The Kier molecular flexibility index (Phi) is 30.1. The second kappa shape index (κ2) is 39.8. The van der Waals surface area contributed by atoms with Gasteiger partial charge >= 0.3 is 28.4 Å². The summed E-state index contributed by atoms with van der Waals surface area (Å²) in [5, 5.41) is 15.7. The molecule has 10 N–H and O–H groups in total. The van der Waals surface area contributed by atoms with Crippen LogP contribution in [0.2, 0.25) is 0 Å². The molecular formula is C82H98FN15O11. The van der Waals surface area contributed by atoms with Gasteiger partial charge in [0.25, 0.3) is 27.8 Å². The zero-order valence-electron chi connectivity index (χ0n) is 63.2. The molecule has 1 aliphatic carbocycles. The minimum atomic E-state index is -0.625. The number of anilines is 5. The van der Waals surface area contributed by atoms with E-state index in [-0.39, 0.29) is 93.3 Å². The smallest absolute Gasteiger partial charge is 0.334 e. The number of nitrogens with zero attached hydrogens (tertiary/aromatic N) is 5. The molecule has 1 saturated carbocycles. The van der Waals surface area contributed by atoms with Gasteiger partial charge in [-0.05, 0) is 139 Å². The first kappa shape index (κ1) is 82.3. The lowest BCUT2D eigenvalue weighted by molar-refractivity contribution is 0.186. The first-order chi connectivity index (χ1) is 52.2. The summed E-state index contributed by atoms with van der Waals surface area (Å²) in [6.07, 6.45) is 4.39. The summed E-state index contributed by atoms with van der Waals surface area (Å²) >= 11 is 0. The van der Waals surface area contributed by atoms with Crippen molar-refractivity contribution in [3.8, 4) is 5.69 Å². The number of halogens is 1. The molecule has 5 aromatic heterocycles. The lowest BCUT2D eigenvalue weighted by Crippen LogP contribution is -2.40. The minimum Gasteiger partial charge on any atom is -0.382 e. The second-order valence-electron chi connectivity index (χ2n) is 26.8. The zero-order chi connectivity index (χ0) is 78.8. The minimum absolute atomic E-state index is 0.000647. The summed E-state index contributed by atoms with van der Waals surface area (Å²) in [5.41, 5.74) is 2.37. The third kappa shape index (κ3) is 23.3. The number of rotatable bonds is 24. The van der Waals surface area contributed by atoms with E-state index < -0.39 is 22.8 Å². The molecule has 0 aliphatic heterocycles. The Hall–Kier alpha value is -12.4. The van der Waals surface area contributed by atoms with Crippen molar-refractivity contribution in [2.24, 2.45) is 0 Å². The van der Waals surface area contributed by atoms with E-state index in [2.05, 4.69) is 51.5 Å². The van der Waals surface area contributed by atoms with E-state index in [1.807, 2.05) is 200 Å². The number of hydrogen-bond acceptors (Lipinski definition) is 16. The molecule has 574 valence electrons. The van der Waals surface area contributed by atoms with Gasteiger partial charge < -0.3 is 31.3 Å². The zero-order valence-corrected chi connectivity index (χ0v) is 63.2. The highest BCUT2D eigenvalue weighted by molar-refractivity contribution is 5.43. The fraction of sp³-hybridized carbons (Fsp3) is 0.317. The molecule has 0 spiro atoms. The summed E-state index contributed by atoms with van der Waals surface area (Å²) in [6.45, 7) is 19.7. The number of nitrogens with one attached hydrogen (secondary N) is 10. The normalized spacial score (nSPS) is 13.2. The van der Waals surface area contributed by atoms with Gasteiger partial charge in [-0.3, -0.25) is 67.2 Å². The number of methoxy groups -OCH3 is 1. The molecule has 5 heterocycles. The monoisotopic (exact) mass is 1490 g/mol. The molecule has 1 unspecified atom stereocenters. The molecule has 1 aliphatic rings. The first-order valence-corrected chi connectivity index (χ1v) is 36.4. The molecule has 6 aromatic carbocycles. The molecule has 26 nitrogen and oxygen atoms in total. The summed E-state index contributed by atoms with van der Waals surface area (Å²) in [7, 11) is 1.61. The van der Waals surface area contributed by atoms with Crippen LogP contribution in [-0.2, 0) is 11.3 Å². The van der Waals surface area contributed by atoms with E-state index in [9.17, 15) is 52.3 Å². The van der Waals surface area contributed by atoms with Gasteiger partial charge in [-0.1, -0.05) is 166 Å². The Morgan fingerprint density at radius 1 is 0.431 bits per heavy atom. The fourth-order valence-corrected chi connectivity index (χ4v) is 12.0. The van der Waals surface area contributed by atoms with Crippen LogP contribution >= 0.6 is 0 Å². The molecule has 27 heteroatoms. The van der Waals surface area contributed by atoms with Crippen molar-refractivity contribution in [2.45, 2.75) is 156 Å². The second-order valence-corrected chi connectivity index (χ2v) is 26.8. The molecule has 12 rings (SSSR count). The van der Waals surface area contributed by atoms with Gasteiger partial charge in [0.15, 0.2) is 0 Å². The average molecular weight is 1490 g/mol. The van der Waals surface area contributed by atoms with Gasteiger partial charge in [-0.2, -0.15) is 0 Å². The van der Waals surface area contributed by atoms with Crippen molar-refractivity contribution in [2.75, 3.05) is 40.3 Å². The van der Waals surface area contributed by atoms with Gasteiger partial charge in [-0.15, -0.1) is 0 Å². The number of ether oxygens (including phenoxy) is 1. The highest BCUT2D eigenvalue weighted by atomic mass is 19.1. The van der Waals surface area contributed by atoms with Crippen LogP contribution in [0.1, 0.15) is 176 Å². The highest BCUT2D eigenvalue weighted by Gasteiger charge is 2.24. The molecule has 1 fully saturated rings. The average Bonchev–Trinajstić information content (AvgIpc) is 0.837.